The summed E-state index contributed by atoms with van der Waals surface area (Å²) < 4.78 is 0. The SMILES string of the molecule is CC[C@](N)(Cc1ccc(Nc2nccc3cnccc23)cc1)C(=O)O. The van der Waals surface area contributed by atoms with E-state index in [1.54, 1.807) is 25.5 Å². The number of carbonyl (C=O) groups is 1. The Bertz CT molecular complexity index is 890. The summed E-state index contributed by atoms with van der Waals surface area (Å²) in [6, 6.07) is 11.4. The second-order valence-electron chi connectivity index (χ2n) is 6.07. The van der Waals surface area contributed by atoms with Gasteiger partial charge in [-0.05, 0) is 36.2 Å². The second kappa shape index (κ2) is 6.86. The molecule has 0 bridgehead atoms. The van der Waals surface area contributed by atoms with Crippen LogP contribution in [0.2, 0.25) is 0 Å². The number of rotatable bonds is 6. The van der Waals surface area contributed by atoms with Gasteiger partial charge in [-0.3, -0.25) is 9.78 Å². The molecular weight excluding hydrogens is 316 g/mol. The van der Waals surface area contributed by atoms with Gasteiger partial charge in [0.1, 0.15) is 11.4 Å². The van der Waals surface area contributed by atoms with Crippen LogP contribution in [0.3, 0.4) is 0 Å². The Morgan fingerprint density at radius 1 is 1.20 bits per heavy atom. The number of nitrogens with zero attached hydrogens (tertiary/aromatic N) is 2. The molecule has 0 unspecified atom stereocenters. The first-order valence-corrected chi connectivity index (χ1v) is 8.09. The zero-order valence-corrected chi connectivity index (χ0v) is 13.9. The van der Waals surface area contributed by atoms with Crippen LogP contribution < -0.4 is 11.1 Å². The van der Waals surface area contributed by atoms with E-state index in [1.807, 2.05) is 36.4 Å². The molecule has 0 radical (unpaired) electrons. The van der Waals surface area contributed by atoms with Crippen LogP contribution in [0, 0.1) is 0 Å². The molecule has 0 aliphatic heterocycles. The van der Waals surface area contributed by atoms with Crippen molar-refractivity contribution >= 4 is 28.2 Å². The molecule has 6 nitrogen and oxygen atoms in total. The number of carboxylic acid groups (broad SMARTS) is 1. The Morgan fingerprint density at radius 2 is 1.96 bits per heavy atom. The third-order valence-corrected chi connectivity index (χ3v) is 4.36. The van der Waals surface area contributed by atoms with Gasteiger partial charge in [0.2, 0.25) is 0 Å². The molecule has 1 aromatic carbocycles. The highest BCUT2D eigenvalue weighted by Gasteiger charge is 2.31. The van der Waals surface area contributed by atoms with Gasteiger partial charge in [0.05, 0.1) is 0 Å². The van der Waals surface area contributed by atoms with E-state index >= 15 is 0 Å². The summed E-state index contributed by atoms with van der Waals surface area (Å²) in [6.45, 7) is 1.78. The van der Waals surface area contributed by atoms with Crippen LogP contribution >= 0.6 is 0 Å². The third-order valence-electron chi connectivity index (χ3n) is 4.36. The van der Waals surface area contributed by atoms with Crippen molar-refractivity contribution in [2.24, 2.45) is 5.73 Å². The summed E-state index contributed by atoms with van der Waals surface area (Å²) >= 11 is 0. The predicted octanol–water partition coefficient (Wildman–Crippen LogP) is 3.11. The van der Waals surface area contributed by atoms with Crippen LogP contribution in [-0.4, -0.2) is 26.6 Å². The molecule has 4 N–H and O–H groups in total. The molecule has 0 aliphatic carbocycles. The number of hydrogen-bond acceptors (Lipinski definition) is 5. The molecule has 0 spiro atoms. The lowest BCUT2D eigenvalue weighted by atomic mass is 9.89. The zero-order chi connectivity index (χ0) is 17.9. The summed E-state index contributed by atoms with van der Waals surface area (Å²) in [5.41, 5.74) is 6.48. The predicted molar refractivity (Wildman–Crippen MR) is 97.8 cm³/mol. The zero-order valence-electron chi connectivity index (χ0n) is 13.9. The highest BCUT2D eigenvalue weighted by Crippen LogP contribution is 2.24. The number of benzene rings is 1. The topological polar surface area (TPSA) is 101 Å². The summed E-state index contributed by atoms with van der Waals surface area (Å²) in [4.78, 5) is 19.8. The lowest BCUT2D eigenvalue weighted by Gasteiger charge is -2.23. The average molecular weight is 336 g/mol. The van der Waals surface area contributed by atoms with Crippen molar-refractivity contribution in [3.63, 3.8) is 0 Å². The summed E-state index contributed by atoms with van der Waals surface area (Å²) in [6.07, 6.45) is 5.92. The number of aliphatic carboxylic acids is 1. The van der Waals surface area contributed by atoms with Crippen LogP contribution in [0.5, 0.6) is 0 Å². The molecule has 6 heteroatoms. The summed E-state index contributed by atoms with van der Waals surface area (Å²) in [5.74, 6) is -0.231. The summed E-state index contributed by atoms with van der Waals surface area (Å²) in [5, 5.41) is 14.6. The Labute approximate surface area is 145 Å². The van der Waals surface area contributed by atoms with Crippen molar-refractivity contribution in [3.05, 3.63) is 60.6 Å². The third kappa shape index (κ3) is 3.59. The fourth-order valence-corrected chi connectivity index (χ4v) is 2.68. The largest absolute Gasteiger partial charge is 0.480 e. The quantitative estimate of drug-likeness (QED) is 0.639. The fourth-order valence-electron chi connectivity index (χ4n) is 2.68. The van der Waals surface area contributed by atoms with Gasteiger partial charge in [-0.1, -0.05) is 19.1 Å². The standard InChI is InChI=1S/C19H20N4O2/c1-2-19(20,18(24)25)11-13-3-5-15(6-4-13)23-17-16-8-9-21-12-14(16)7-10-22-17/h3-10,12H,2,11,20H2,1H3,(H,22,23)(H,24,25)/t19-/m0/s1. The van der Waals surface area contributed by atoms with Crippen molar-refractivity contribution in [2.45, 2.75) is 25.3 Å². The van der Waals surface area contributed by atoms with E-state index in [4.69, 9.17) is 5.73 Å². The molecule has 3 aromatic rings. The maximum Gasteiger partial charge on any atom is 0.324 e. The molecule has 25 heavy (non-hydrogen) atoms. The van der Waals surface area contributed by atoms with Crippen LogP contribution in [-0.2, 0) is 11.2 Å². The number of anilines is 2. The van der Waals surface area contributed by atoms with E-state index in [9.17, 15) is 9.90 Å². The Balaban J connectivity index is 1.80. The molecule has 128 valence electrons. The molecule has 0 aliphatic rings. The lowest BCUT2D eigenvalue weighted by molar-refractivity contribution is -0.143. The van der Waals surface area contributed by atoms with Crippen LogP contribution in [0.15, 0.2) is 55.0 Å². The van der Waals surface area contributed by atoms with E-state index in [-0.39, 0.29) is 6.42 Å². The van der Waals surface area contributed by atoms with Crippen molar-refractivity contribution in [1.82, 2.24) is 9.97 Å². The fraction of sp³-hybridized carbons (Fsp3) is 0.211. The monoisotopic (exact) mass is 336 g/mol. The normalized spacial score (nSPS) is 13.4. The highest BCUT2D eigenvalue weighted by molar-refractivity contribution is 5.92. The maximum absolute atomic E-state index is 11.3. The van der Waals surface area contributed by atoms with Crippen molar-refractivity contribution in [2.75, 3.05) is 5.32 Å². The van der Waals surface area contributed by atoms with Gasteiger partial charge in [0.25, 0.3) is 0 Å². The number of aromatic nitrogens is 2. The summed E-state index contributed by atoms with van der Waals surface area (Å²) in [7, 11) is 0. The molecule has 2 heterocycles. The van der Waals surface area contributed by atoms with Gasteiger partial charge in [-0.2, -0.15) is 0 Å². The minimum atomic E-state index is -1.24. The molecule has 0 amide bonds. The first-order chi connectivity index (χ1) is 12.0. The van der Waals surface area contributed by atoms with Crippen molar-refractivity contribution in [3.8, 4) is 0 Å². The number of nitrogens with one attached hydrogen (secondary N) is 1. The number of fused-ring (bicyclic) bond motifs is 1. The number of hydrogen-bond donors (Lipinski definition) is 3. The highest BCUT2D eigenvalue weighted by atomic mass is 16.4. The molecule has 3 rings (SSSR count). The Kier molecular flexibility index (Phi) is 4.63. The minimum Gasteiger partial charge on any atom is -0.480 e. The van der Waals surface area contributed by atoms with E-state index in [0.29, 0.717) is 6.42 Å². The van der Waals surface area contributed by atoms with E-state index in [1.165, 1.54) is 0 Å². The first-order valence-electron chi connectivity index (χ1n) is 8.09. The van der Waals surface area contributed by atoms with Crippen LogP contribution in [0.25, 0.3) is 10.8 Å². The van der Waals surface area contributed by atoms with Crippen molar-refractivity contribution < 1.29 is 9.90 Å². The average Bonchev–Trinajstić information content (AvgIpc) is 2.63. The molecule has 0 fully saturated rings. The van der Waals surface area contributed by atoms with Gasteiger partial charge in [-0.25, -0.2) is 4.98 Å². The van der Waals surface area contributed by atoms with Gasteiger partial charge < -0.3 is 16.2 Å². The Morgan fingerprint density at radius 3 is 2.64 bits per heavy atom. The molecule has 0 saturated carbocycles. The molecular formula is C19H20N4O2. The van der Waals surface area contributed by atoms with Gasteiger partial charge in [-0.15, -0.1) is 0 Å². The smallest absolute Gasteiger partial charge is 0.324 e. The first kappa shape index (κ1) is 16.9. The number of carboxylic acids is 1. The molecule has 0 saturated heterocycles. The molecule has 1 atom stereocenters. The molecule has 2 aromatic heterocycles. The van der Waals surface area contributed by atoms with E-state index in [2.05, 4.69) is 15.3 Å². The van der Waals surface area contributed by atoms with Gasteiger partial charge >= 0.3 is 5.97 Å². The number of nitrogens with two attached hydrogens (primary N) is 1. The maximum atomic E-state index is 11.3. The second-order valence-corrected chi connectivity index (χ2v) is 6.07. The van der Waals surface area contributed by atoms with E-state index < -0.39 is 11.5 Å². The van der Waals surface area contributed by atoms with Crippen LogP contribution in [0.1, 0.15) is 18.9 Å². The van der Waals surface area contributed by atoms with E-state index in [0.717, 1.165) is 27.8 Å². The van der Waals surface area contributed by atoms with Crippen molar-refractivity contribution in [1.29, 1.82) is 0 Å². The van der Waals surface area contributed by atoms with Crippen LogP contribution in [0.4, 0.5) is 11.5 Å². The minimum absolute atomic E-state index is 0.289. The number of pyridine rings is 2. The lowest BCUT2D eigenvalue weighted by Crippen LogP contribution is -2.49. The van der Waals surface area contributed by atoms with Gasteiger partial charge in [0, 0.05) is 41.5 Å². The Hall–Kier alpha value is -2.99. The van der Waals surface area contributed by atoms with Gasteiger partial charge in [0.15, 0.2) is 0 Å².